The maximum Gasteiger partial charge on any atom is 0.244 e. The van der Waals surface area contributed by atoms with Gasteiger partial charge in [-0.1, -0.05) is 19.3 Å². The first kappa shape index (κ1) is 13.4. The SMILES string of the molecule is CC(CN1CNC2(CCCC2)C1=O)N1CCCCC1. The van der Waals surface area contributed by atoms with E-state index < -0.39 is 0 Å². The normalized spacial score (nSPS) is 29.3. The fraction of sp³-hybridized carbons (Fsp3) is 0.933. The van der Waals surface area contributed by atoms with Gasteiger partial charge >= 0.3 is 0 Å². The van der Waals surface area contributed by atoms with Gasteiger partial charge in [0.1, 0.15) is 0 Å². The highest BCUT2D eigenvalue weighted by molar-refractivity contribution is 5.88. The molecule has 108 valence electrons. The van der Waals surface area contributed by atoms with Crippen molar-refractivity contribution in [3.63, 3.8) is 0 Å². The van der Waals surface area contributed by atoms with E-state index in [4.69, 9.17) is 0 Å². The lowest BCUT2D eigenvalue weighted by molar-refractivity contribution is -0.132. The fourth-order valence-electron chi connectivity index (χ4n) is 4.01. The van der Waals surface area contributed by atoms with Gasteiger partial charge in [0, 0.05) is 12.6 Å². The minimum absolute atomic E-state index is 0.179. The minimum atomic E-state index is -0.179. The fourth-order valence-corrected chi connectivity index (χ4v) is 4.01. The highest BCUT2D eigenvalue weighted by Crippen LogP contribution is 2.34. The molecule has 0 aromatic rings. The summed E-state index contributed by atoms with van der Waals surface area (Å²) >= 11 is 0. The van der Waals surface area contributed by atoms with Gasteiger partial charge in [0.05, 0.1) is 12.2 Å². The molecule has 19 heavy (non-hydrogen) atoms. The monoisotopic (exact) mass is 265 g/mol. The van der Waals surface area contributed by atoms with Gasteiger partial charge in [0.2, 0.25) is 5.91 Å². The molecule has 1 aliphatic carbocycles. The van der Waals surface area contributed by atoms with E-state index in [0.717, 1.165) is 26.1 Å². The van der Waals surface area contributed by atoms with E-state index in [9.17, 15) is 4.79 Å². The van der Waals surface area contributed by atoms with Crippen molar-refractivity contribution in [2.45, 2.75) is 63.5 Å². The Kier molecular flexibility index (Phi) is 3.81. The van der Waals surface area contributed by atoms with Crippen LogP contribution >= 0.6 is 0 Å². The van der Waals surface area contributed by atoms with Gasteiger partial charge in [-0.2, -0.15) is 0 Å². The molecule has 2 heterocycles. The summed E-state index contributed by atoms with van der Waals surface area (Å²) in [5.41, 5.74) is -0.179. The van der Waals surface area contributed by atoms with Crippen LogP contribution in [0, 0.1) is 0 Å². The molecule has 1 unspecified atom stereocenters. The Bertz CT molecular complexity index is 332. The van der Waals surface area contributed by atoms with Crippen LogP contribution in [0.4, 0.5) is 0 Å². The number of nitrogens with one attached hydrogen (secondary N) is 1. The van der Waals surface area contributed by atoms with Gasteiger partial charge in [-0.25, -0.2) is 0 Å². The lowest BCUT2D eigenvalue weighted by atomic mass is 9.98. The third-order valence-electron chi connectivity index (χ3n) is 5.26. The second kappa shape index (κ2) is 5.41. The zero-order valence-corrected chi connectivity index (χ0v) is 12.2. The molecule has 3 aliphatic rings. The topological polar surface area (TPSA) is 35.6 Å². The van der Waals surface area contributed by atoms with Crippen molar-refractivity contribution in [2.24, 2.45) is 0 Å². The zero-order valence-electron chi connectivity index (χ0n) is 12.2. The Morgan fingerprint density at radius 3 is 2.53 bits per heavy atom. The summed E-state index contributed by atoms with van der Waals surface area (Å²) in [5, 5.41) is 3.50. The van der Waals surface area contributed by atoms with Crippen LogP contribution in [0.3, 0.4) is 0 Å². The van der Waals surface area contributed by atoms with Crippen molar-refractivity contribution in [1.29, 1.82) is 0 Å². The average Bonchev–Trinajstić information content (AvgIpc) is 3.03. The Balaban J connectivity index is 1.56. The number of carbonyl (C=O) groups is 1. The number of piperidine rings is 1. The number of hydrogen-bond acceptors (Lipinski definition) is 3. The van der Waals surface area contributed by atoms with Crippen molar-refractivity contribution in [3.05, 3.63) is 0 Å². The molecule has 1 N–H and O–H groups in total. The lowest BCUT2D eigenvalue weighted by Gasteiger charge is -2.34. The summed E-state index contributed by atoms with van der Waals surface area (Å²) in [5.74, 6) is 0.369. The van der Waals surface area contributed by atoms with Crippen molar-refractivity contribution in [2.75, 3.05) is 26.3 Å². The summed E-state index contributed by atoms with van der Waals surface area (Å²) in [6, 6.07) is 0.502. The third-order valence-corrected chi connectivity index (χ3v) is 5.26. The second-order valence-electron chi connectivity index (χ2n) is 6.60. The quantitative estimate of drug-likeness (QED) is 0.841. The highest BCUT2D eigenvalue weighted by atomic mass is 16.2. The number of amides is 1. The molecule has 0 aromatic heterocycles. The Morgan fingerprint density at radius 1 is 1.16 bits per heavy atom. The predicted molar refractivity (Wildman–Crippen MR) is 75.8 cm³/mol. The Labute approximate surface area is 116 Å². The average molecular weight is 265 g/mol. The van der Waals surface area contributed by atoms with E-state index in [2.05, 4.69) is 22.0 Å². The number of nitrogens with zero attached hydrogens (tertiary/aromatic N) is 2. The first-order valence-corrected chi connectivity index (χ1v) is 8.00. The molecule has 2 saturated heterocycles. The van der Waals surface area contributed by atoms with Crippen LogP contribution in [-0.4, -0.2) is 53.6 Å². The lowest BCUT2D eigenvalue weighted by Crippen LogP contribution is -2.47. The van der Waals surface area contributed by atoms with Gasteiger partial charge in [0.25, 0.3) is 0 Å². The molecule has 0 radical (unpaired) electrons. The molecule has 3 rings (SSSR count). The van der Waals surface area contributed by atoms with Gasteiger partial charge in [-0.3, -0.25) is 15.0 Å². The highest BCUT2D eigenvalue weighted by Gasteiger charge is 2.48. The van der Waals surface area contributed by atoms with Crippen LogP contribution in [0.1, 0.15) is 51.9 Å². The van der Waals surface area contributed by atoms with E-state index in [1.807, 2.05) is 0 Å². The summed E-state index contributed by atoms with van der Waals surface area (Å²) < 4.78 is 0. The molecule has 3 fully saturated rings. The van der Waals surface area contributed by atoms with Gasteiger partial charge in [-0.05, 0) is 45.7 Å². The standard InChI is InChI=1S/C15H27N3O/c1-13(17-9-5-2-6-10-17)11-18-12-16-15(14(18)19)7-3-4-8-15/h13,16H,2-12H2,1H3. The number of carbonyl (C=O) groups excluding carboxylic acids is 1. The van der Waals surface area contributed by atoms with Gasteiger partial charge in [0.15, 0.2) is 0 Å². The molecule has 4 nitrogen and oxygen atoms in total. The van der Waals surface area contributed by atoms with E-state index >= 15 is 0 Å². The number of likely N-dealkylation sites (tertiary alicyclic amines) is 1. The van der Waals surface area contributed by atoms with Crippen LogP contribution < -0.4 is 5.32 Å². The van der Waals surface area contributed by atoms with E-state index in [-0.39, 0.29) is 5.54 Å². The van der Waals surface area contributed by atoms with Gasteiger partial charge < -0.3 is 4.90 Å². The van der Waals surface area contributed by atoms with Crippen molar-refractivity contribution in [3.8, 4) is 0 Å². The maximum absolute atomic E-state index is 12.6. The first-order chi connectivity index (χ1) is 9.21. The molecule has 0 aromatic carbocycles. The molecule has 4 heteroatoms. The predicted octanol–water partition coefficient (Wildman–Crippen LogP) is 1.56. The second-order valence-corrected chi connectivity index (χ2v) is 6.60. The molecule has 1 atom stereocenters. The smallest absolute Gasteiger partial charge is 0.244 e. The molecular weight excluding hydrogens is 238 g/mol. The molecule has 1 saturated carbocycles. The Morgan fingerprint density at radius 2 is 1.84 bits per heavy atom. The van der Waals surface area contributed by atoms with E-state index in [0.29, 0.717) is 11.9 Å². The molecule has 1 amide bonds. The zero-order chi connectivity index (χ0) is 13.3. The van der Waals surface area contributed by atoms with Crippen LogP contribution in [-0.2, 0) is 4.79 Å². The first-order valence-electron chi connectivity index (χ1n) is 8.00. The van der Waals surface area contributed by atoms with Crippen LogP contribution in [0.5, 0.6) is 0 Å². The van der Waals surface area contributed by atoms with Crippen molar-refractivity contribution in [1.82, 2.24) is 15.1 Å². The van der Waals surface area contributed by atoms with Gasteiger partial charge in [-0.15, -0.1) is 0 Å². The number of rotatable bonds is 3. The van der Waals surface area contributed by atoms with Crippen LogP contribution in [0.2, 0.25) is 0 Å². The molecule has 0 bridgehead atoms. The van der Waals surface area contributed by atoms with E-state index in [1.54, 1.807) is 0 Å². The molecular formula is C15H27N3O. The summed E-state index contributed by atoms with van der Waals surface area (Å²) in [6.45, 7) is 6.35. The summed E-state index contributed by atoms with van der Waals surface area (Å²) in [4.78, 5) is 17.2. The van der Waals surface area contributed by atoms with E-state index in [1.165, 1.54) is 45.2 Å². The van der Waals surface area contributed by atoms with Crippen LogP contribution in [0.15, 0.2) is 0 Å². The third kappa shape index (κ3) is 2.52. The molecule has 2 aliphatic heterocycles. The summed E-state index contributed by atoms with van der Waals surface area (Å²) in [7, 11) is 0. The Hall–Kier alpha value is -0.610. The largest absolute Gasteiger partial charge is 0.327 e. The maximum atomic E-state index is 12.6. The number of hydrogen-bond donors (Lipinski definition) is 1. The molecule has 1 spiro atoms. The minimum Gasteiger partial charge on any atom is -0.327 e. The summed E-state index contributed by atoms with van der Waals surface area (Å²) in [6.07, 6.45) is 8.50. The van der Waals surface area contributed by atoms with Crippen LogP contribution in [0.25, 0.3) is 0 Å². The van der Waals surface area contributed by atoms with Crippen molar-refractivity contribution >= 4 is 5.91 Å². The van der Waals surface area contributed by atoms with Crippen molar-refractivity contribution < 1.29 is 4.79 Å².